The van der Waals surface area contributed by atoms with Crippen LogP contribution in [-0.2, 0) is 11.2 Å². The van der Waals surface area contributed by atoms with Crippen molar-refractivity contribution in [3.8, 4) is 0 Å². The topological polar surface area (TPSA) is 29.1 Å². The number of carbonyl (C=O) groups is 1. The maximum absolute atomic E-state index is 12.1. The molecule has 0 radical (unpaired) electrons. The highest BCUT2D eigenvalue weighted by Gasteiger charge is 2.11. The van der Waals surface area contributed by atoms with Gasteiger partial charge < -0.3 is 5.32 Å². The Morgan fingerprint density at radius 3 is 2.57 bits per heavy atom. The lowest BCUT2D eigenvalue weighted by Gasteiger charge is -2.16. The van der Waals surface area contributed by atoms with E-state index in [1.807, 2.05) is 31.2 Å². The van der Waals surface area contributed by atoms with Crippen LogP contribution in [0.15, 0.2) is 46.9 Å². The van der Waals surface area contributed by atoms with E-state index in [0.29, 0.717) is 6.42 Å². The third-order valence-electron chi connectivity index (χ3n) is 3.66. The summed E-state index contributed by atoms with van der Waals surface area (Å²) in [6, 6.07) is 14.2. The van der Waals surface area contributed by atoms with E-state index in [4.69, 9.17) is 0 Å². The summed E-state index contributed by atoms with van der Waals surface area (Å²) < 4.78 is 0.995. The zero-order chi connectivity index (χ0) is 15.4. The van der Waals surface area contributed by atoms with Gasteiger partial charge in [0, 0.05) is 4.47 Å². The molecular formula is C18H20BrNO. The van der Waals surface area contributed by atoms with Crippen molar-refractivity contribution in [2.24, 2.45) is 0 Å². The van der Waals surface area contributed by atoms with Crippen molar-refractivity contribution in [2.45, 2.75) is 33.2 Å². The van der Waals surface area contributed by atoms with Crippen molar-refractivity contribution in [3.05, 3.63) is 69.2 Å². The Morgan fingerprint density at radius 1 is 1.14 bits per heavy atom. The van der Waals surface area contributed by atoms with Gasteiger partial charge in [0.05, 0.1) is 12.5 Å². The summed E-state index contributed by atoms with van der Waals surface area (Å²) in [6.07, 6.45) is 0.397. The molecule has 2 aromatic carbocycles. The fourth-order valence-corrected chi connectivity index (χ4v) is 2.69. The average molecular weight is 346 g/mol. The van der Waals surface area contributed by atoms with Crippen LogP contribution in [0.5, 0.6) is 0 Å². The molecule has 2 rings (SSSR count). The van der Waals surface area contributed by atoms with Gasteiger partial charge in [0.2, 0.25) is 5.91 Å². The normalized spacial score (nSPS) is 12.0. The SMILES string of the molecule is Cc1ccc([C@@H](C)NC(=O)Cc2cccc(Br)c2)cc1C. The van der Waals surface area contributed by atoms with Gasteiger partial charge in [-0.3, -0.25) is 4.79 Å². The summed E-state index contributed by atoms with van der Waals surface area (Å²) in [5, 5.41) is 3.06. The maximum atomic E-state index is 12.1. The van der Waals surface area contributed by atoms with E-state index in [1.165, 1.54) is 11.1 Å². The number of benzene rings is 2. The monoisotopic (exact) mass is 345 g/mol. The molecule has 0 heterocycles. The Balaban J connectivity index is 2.00. The van der Waals surface area contributed by atoms with E-state index < -0.39 is 0 Å². The Labute approximate surface area is 134 Å². The van der Waals surface area contributed by atoms with Crippen LogP contribution in [0.1, 0.15) is 35.2 Å². The van der Waals surface area contributed by atoms with E-state index in [2.05, 4.69) is 53.3 Å². The Kier molecular flexibility index (Phi) is 5.18. The molecule has 0 spiro atoms. The van der Waals surface area contributed by atoms with Crippen LogP contribution in [-0.4, -0.2) is 5.91 Å². The molecule has 1 atom stereocenters. The zero-order valence-corrected chi connectivity index (χ0v) is 14.2. The summed E-state index contributed by atoms with van der Waals surface area (Å²) >= 11 is 3.42. The summed E-state index contributed by atoms with van der Waals surface area (Å²) in [4.78, 5) is 12.1. The summed E-state index contributed by atoms with van der Waals surface area (Å²) in [5.74, 6) is 0.0406. The van der Waals surface area contributed by atoms with Gasteiger partial charge in [-0.25, -0.2) is 0 Å². The van der Waals surface area contributed by atoms with Gasteiger partial charge in [-0.15, -0.1) is 0 Å². The van der Waals surface area contributed by atoms with Crippen molar-refractivity contribution in [1.82, 2.24) is 5.32 Å². The van der Waals surface area contributed by atoms with Gasteiger partial charge in [-0.05, 0) is 55.2 Å². The fraction of sp³-hybridized carbons (Fsp3) is 0.278. The Morgan fingerprint density at radius 2 is 1.90 bits per heavy atom. The molecule has 0 saturated carbocycles. The van der Waals surface area contributed by atoms with E-state index in [9.17, 15) is 4.79 Å². The van der Waals surface area contributed by atoms with Crippen LogP contribution in [0.3, 0.4) is 0 Å². The molecule has 1 amide bonds. The largest absolute Gasteiger partial charge is 0.349 e. The lowest BCUT2D eigenvalue weighted by atomic mass is 10.0. The molecule has 0 unspecified atom stereocenters. The third kappa shape index (κ3) is 4.43. The number of hydrogen-bond acceptors (Lipinski definition) is 1. The summed E-state index contributed by atoms with van der Waals surface area (Å²) in [5.41, 5.74) is 4.67. The minimum atomic E-state index is 0.0175. The van der Waals surface area contributed by atoms with Gasteiger partial charge in [0.1, 0.15) is 0 Å². The number of rotatable bonds is 4. The van der Waals surface area contributed by atoms with Crippen LogP contribution in [0.25, 0.3) is 0 Å². The number of aryl methyl sites for hydroxylation is 2. The Hall–Kier alpha value is -1.61. The fourth-order valence-electron chi connectivity index (χ4n) is 2.24. The van der Waals surface area contributed by atoms with Crippen molar-refractivity contribution in [2.75, 3.05) is 0 Å². The number of carbonyl (C=O) groups excluding carboxylic acids is 1. The maximum Gasteiger partial charge on any atom is 0.224 e. The van der Waals surface area contributed by atoms with Crippen molar-refractivity contribution in [3.63, 3.8) is 0 Å². The van der Waals surface area contributed by atoms with E-state index in [0.717, 1.165) is 15.6 Å². The molecule has 1 N–H and O–H groups in total. The van der Waals surface area contributed by atoms with E-state index in [-0.39, 0.29) is 11.9 Å². The second kappa shape index (κ2) is 6.90. The zero-order valence-electron chi connectivity index (χ0n) is 12.6. The number of halogens is 1. The minimum Gasteiger partial charge on any atom is -0.349 e. The standard InChI is InChI=1S/C18H20BrNO/c1-12-7-8-16(9-13(12)2)14(3)20-18(21)11-15-5-4-6-17(19)10-15/h4-10,14H,11H2,1-3H3,(H,20,21)/t14-/m1/s1. The molecule has 0 aliphatic carbocycles. The molecule has 0 fully saturated rings. The minimum absolute atomic E-state index is 0.0175. The van der Waals surface area contributed by atoms with Gasteiger partial charge in [-0.2, -0.15) is 0 Å². The first kappa shape index (κ1) is 15.8. The molecule has 2 aromatic rings. The second-order valence-corrected chi connectivity index (χ2v) is 6.36. The predicted molar refractivity (Wildman–Crippen MR) is 90.3 cm³/mol. The first-order valence-corrected chi connectivity index (χ1v) is 7.86. The van der Waals surface area contributed by atoms with Crippen molar-refractivity contribution in [1.29, 1.82) is 0 Å². The molecular weight excluding hydrogens is 326 g/mol. The Bertz CT molecular complexity index is 651. The van der Waals surface area contributed by atoms with Gasteiger partial charge in [0.25, 0.3) is 0 Å². The van der Waals surface area contributed by atoms with Crippen LogP contribution in [0, 0.1) is 13.8 Å². The number of nitrogens with one attached hydrogen (secondary N) is 1. The molecule has 0 aliphatic heterocycles. The molecule has 0 bridgehead atoms. The quantitative estimate of drug-likeness (QED) is 0.869. The van der Waals surface area contributed by atoms with Gasteiger partial charge in [-0.1, -0.05) is 46.3 Å². The predicted octanol–water partition coefficient (Wildman–Crippen LogP) is 4.49. The van der Waals surface area contributed by atoms with Crippen LogP contribution < -0.4 is 5.32 Å². The molecule has 0 aliphatic rings. The van der Waals surface area contributed by atoms with Gasteiger partial charge in [0.15, 0.2) is 0 Å². The highest BCUT2D eigenvalue weighted by Crippen LogP contribution is 2.17. The third-order valence-corrected chi connectivity index (χ3v) is 4.16. The summed E-state index contributed by atoms with van der Waals surface area (Å²) in [7, 11) is 0. The average Bonchev–Trinajstić information content (AvgIpc) is 2.41. The smallest absolute Gasteiger partial charge is 0.224 e. The highest BCUT2D eigenvalue weighted by molar-refractivity contribution is 9.10. The first-order valence-electron chi connectivity index (χ1n) is 7.06. The lowest BCUT2D eigenvalue weighted by Crippen LogP contribution is -2.28. The second-order valence-electron chi connectivity index (χ2n) is 5.44. The van der Waals surface area contributed by atoms with E-state index in [1.54, 1.807) is 0 Å². The highest BCUT2D eigenvalue weighted by atomic mass is 79.9. The van der Waals surface area contributed by atoms with Crippen LogP contribution in [0.4, 0.5) is 0 Å². The van der Waals surface area contributed by atoms with Crippen molar-refractivity contribution >= 4 is 21.8 Å². The van der Waals surface area contributed by atoms with Crippen LogP contribution >= 0.6 is 15.9 Å². The van der Waals surface area contributed by atoms with Crippen molar-refractivity contribution < 1.29 is 4.79 Å². The first-order chi connectivity index (χ1) is 9.95. The summed E-state index contributed by atoms with van der Waals surface area (Å²) in [6.45, 7) is 6.20. The number of hydrogen-bond donors (Lipinski definition) is 1. The van der Waals surface area contributed by atoms with Gasteiger partial charge >= 0.3 is 0 Å². The lowest BCUT2D eigenvalue weighted by molar-refractivity contribution is -0.121. The number of amides is 1. The van der Waals surface area contributed by atoms with Crippen LogP contribution in [0.2, 0.25) is 0 Å². The molecule has 0 saturated heterocycles. The molecule has 21 heavy (non-hydrogen) atoms. The van der Waals surface area contributed by atoms with E-state index >= 15 is 0 Å². The molecule has 110 valence electrons. The molecule has 0 aromatic heterocycles. The molecule has 3 heteroatoms. The molecule has 2 nitrogen and oxygen atoms in total.